The first-order valence-corrected chi connectivity index (χ1v) is 17.2. The molecule has 3 aromatic carbocycles. The smallest absolute Gasteiger partial charge is 0.407 e. The minimum absolute atomic E-state index is 0.0968. The summed E-state index contributed by atoms with van der Waals surface area (Å²) in [6.07, 6.45) is 2.72. The summed E-state index contributed by atoms with van der Waals surface area (Å²) in [4.78, 5) is 52.8. The molecule has 0 bridgehead atoms. The normalized spacial score (nSPS) is 15.0. The van der Waals surface area contributed by atoms with Crippen LogP contribution >= 0.6 is 11.3 Å². The predicted molar refractivity (Wildman–Crippen MR) is 194 cm³/mol. The van der Waals surface area contributed by atoms with E-state index in [2.05, 4.69) is 30.8 Å². The maximum absolute atomic E-state index is 13.6. The molecular weight excluding hydrogens is 655 g/mol. The van der Waals surface area contributed by atoms with Crippen LogP contribution in [0.15, 0.2) is 85.2 Å². The molecule has 5 aromatic rings. The van der Waals surface area contributed by atoms with E-state index in [-0.39, 0.29) is 18.0 Å². The zero-order valence-corrected chi connectivity index (χ0v) is 28.8. The number of nitrogens with one attached hydrogen (secondary N) is 3. The largest absolute Gasteiger partial charge is 0.457 e. The minimum atomic E-state index is -0.519. The van der Waals surface area contributed by atoms with Crippen LogP contribution in [0.1, 0.15) is 48.8 Å². The van der Waals surface area contributed by atoms with Crippen LogP contribution in [0.3, 0.4) is 0 Å². The Kier molecular flexibility index (Phi) is 9.08. The fourth-order valence-corrected chi connectivity index (χ4v) is 6.99. The van der Waals surface area contributed by atoms with Crippen LogP contribution in [-0.2, 0) is 11.3 Å². The van der Waals surface area contributed by atoms with Crippen LogP contribution in [-0.4, -0.2) is 57.6 Å². The summed E-state index contributed by atoms with van der Waals surface area (Å²) in [5.41, 5.74) is 2.22. The van der Waals surface area contributed by atoms with Gasteiger partial charge in [-0.25, -0.2) is 24.5 Å². The van der Waals surface area contributed by atoms with E-state index in [4.69, 9.17) is 9.47 Å². The predicted octanol–water partition coefficient (Wildman–Crippen LogP) is 7.91. The van der Waals surface area contributed by atoms with Crippen LogP contribution in [0.25, 0.3) is 10.2 Å². The lowest BCUT2D eigenvalue weighted by Gasteiger charge is -2.32. The van der Waals surface area contributed by atoms with Crippen LogP contribution in [0, 0.1) is 0 Å². The van der Waals surface area contributed by atoms with Gasteiger partial charge in [0.25, 0.3) is 5.91 Å². The summed E-state index contributed by atoms with van der Waals surface area (Å²) in [6.45, 7) is 8.05. The van der Waals surface area contributed by atoms with Gasteiger partial charge in [0.1, 0.15) is 33.1 Å². The number of rotatable bonds is 8. The SMILES string of the molecule is CC(C)(C)OC(=O)NC1CCN(Cc2ccc(NC(=O)c3sc4ncnc5c4c3NC(=O)N5c3ccc(Oc4ccccc4)cc3)cc2)CC1. The second kappa shape index (κ2) is 13.8. The highest BCUT2D eigenvalue weighted by atomic mass is 32.1. The number of hydrogen-bond donors (Lipinski definition) is 3. The van der Waals surface area contributed by atoms with Crippen LogP contribution in [0.2, 0.25) is 0 Å². The molecule has 0 saturated carbocycles. The van der Waals surface area contributed by atoms with E-state index in [1.165, 1.54) is 22.6 Å². The molecule has 256 valence electrons. The highest BCUT2D eigenvalue weighted by Gasteiger charge is 2.34. The van der Waals surface area contributed by atoms with Crippen molar-refractivity contribution in [2.45, 2.75) is 51.8 Å². The van der Waals surface area contributed by atoms with Gasteiger partial charge in [0, 0.05) is 31.4 Å². The van der Waals surface area contributed by atoms with Gasteiger partial charge in [-0.2, -0.15) is 0 Å². The molecule has 2 aromatic heterocycles. The van der Waals surface area contributed by atoms with E-state index in [1.54, 1.807) is 24.3 Å². The maximum Gasteiger partial charge on any atom is 0.407 e. The maximum atomic E-state index is 13.6. The van der Waals surface area contributed by atoms with Gasteiger partial charge < -0.3 is 25.4 Å². The number of ether oxygens (including phenoxy) is 2. The molecule has 1 fully saturated rings. The Morgan fingerprint density at radius 3 is 2.34 bits per heavy atom. The Morgan fingerprint density at radius 1 is 0.940 bits per heavy atom. The van der Waals surface area contributed by atoms with Gasteiger partial charge in [-0.15, -0.1) is 11.3 Å². The summed E-state index contributed by atoms with van der Waals surface area (Å²) >= 11 is 1.20. The molecule has 0 unspecified atom stereocenters. The van der Waals surface area contributed by atoms with Crippen LogP contribution < -0.4 is 25.6 Å². The number of aromatic nitrogens is 2. The lowest BCUT2D eigenvalue weighted by atomic mass is 10.0. The lowest BCUT2D eigenvalue weighted by molar-refractivity contribution is 0.0477. The fourth-order valence-electron chi connectivity index (χ4n) is 6.00. The first-order chi connectivity index (χ1) is 24.1. The van der Waals surface area contributed by atoms with Gasteiger partial charge in [-0.1, -0.05) is 30.3 Å². The highest BCUT2D eigenvalue weighted by Crippen LogP contribution is 2.45. The topological polar surface area (TPSA) is 138 Å². The minimum Gasteiger partial charge on any atom is -0.457 e. The highest BCUT2D eigenvalue weighted by molar-refractivity contribution is 7.21. The van der Waals surface area contributed by atoms with Crippen molar-refractivity contribution >= 4 is 62.5 Å². The van der Waals surface area contributed by atoms with Gasteiger partial charge >= 0.3 is 12.1 Å². The third-order valence-corrected chi connectivity index (χ3v) is 9.42. The molecule has 0 radical (unpaired) electrons. The molecule has 7 rings (SSSR count). The van der Waals surface area contributed by atoms with Crippen molar-refractivity contribution in [3.63, 3.8) is 0 Å². The first-order valence-electron chi connectivity index (χ1n) is 16.4. The number of nitrogens with zero attached hydrogens (tertiary/aromatic N) is 4. The molecule has 0 atom stereocenters. The summed E-state index contributed by atoms with van der Waals surface area (Å²) in [6, 6.07) is 24.0. The standard InChI is InChI=1S/C37H37N7O5S/c1-37(2,3)49-36(47)41-25-17-19-43(20-18-25)21-23-9-11-24(12-10-23)40-33(45)31-30-29-32(38-22-39-34(29)50-31)44(35(46)42-30)26-13-15-28(16-14-26)48-27-7-5-4-6-8-27/h4-16,22,25H,17-21H2,1-3H3,(H,40,45)(H,41,47)(H,42,46). The number of likely N-dealkylation sites (tertiary alicyclic amines) is 1. The van der Waals surface area contributed by atoms with Crippen molar-refractivity contribution in [3.05, 3.63) is 95.6 Å². The number of hydrogen-bond acceptors (Lipinski definition) is 9. The lowest BCUT2D eigenvalue weighted by Crippen LogP contribution is -2.45. The molecule has 0 aliphatic carbocycles. The Balaban J connectivity index is 0.992. The Labute approximate surface area is 293 Å². The fraction of sp³-hybridized carbons (Fsp3) is 0.270. The van der Waals surface area contributed by atoms with Crippen LogP contribution in [0.5, 0.6) is 11.5 Å². The number of amides is 4. The number of thiophene rings is 1. The number of piperidine rings is 1. The van der Waals surface area contributed by atoms with Crippen LogP contribution in [0.4, 0.5) is 32.5 Å². The van der Waals surface area contributed by atoms with Gasteiger partial charge in [0.15, 0.2) is 5.82 Å². The Bertz CT molecular complexity index is 2020. The molecule has 2 aliphatic rings. The molecule has 4 amide bonds. The summed E-state index contributed by atoms with van der Waals surface area (Å²) < 4.78 is 11.3. The number of para-hydroxylation sites is 1. The average Bonchev–Trinajstić information content (AvgIpc) is 3.46. The van der Waals surface area contributed by atoms with Gasteiger partial charge in [-0.05, 0) is 87.7 Å². The molecular formula is C37H37N7O5S. The molecule has 13 heteroatoms. The number of carbonyl (C=O) groups is 3. The van der Waals surface area contributed by atoms with Gasteiger partial charge in [-0.3, -0.25) is 9.69 Å². The van der Waals surface area contributed by atoms with Crippen molar-refractivity contribution in [2.75, 3.05) is 28.6 Å². The van der Waals surface area contributed by atoms with E-state index < -0.39 is 11.6 Å². The molecule has 1 saturated heterocycles. The number of anilines is 4. The first kappa shape index (κ1) is 33.0. The molecule has 2 aliphatic heterocycles. The van der Waals surface area contributed by atoms with E-state index in [0.717, 1.165) is 38.0 Å². The summed E-state index contributed by atoms with van der Waals surface area (Å²) in [7, 11) is 0. The van der Waals surface area contributed by atoms with Crippen molar-refractivity contribution < 1.29 is 23.9 Å². The molecule has 12 nitrogen and oxygen atoms in total. The zero-order chi connectivity index (χ0) is 34.8. The van der Waals surface area contributed by atoms with E-state index in [0.29, 0.717) is 49.5 Å². The van der Waals surface area contributed by atoms with Crippen molar-refractivity contribution in [3.8, 4) is 11.5 Å². The molecule has 4 heterocycles. The number of urea groups is 1. The van der Waals surface area contributed by atoms with Crippen molar-refractivity contribution in [1.82, 2.24) is 20.2 Å². The summed E-state index contributed by atoms with van der Waals surface area (Å²) in [5, 5.41) is 9.46. The van der Waals surface area contributed by atoms with Gasteiger partial charge in [0.2, 0.25) is 0 Å². The molecule has 50 heavy (non-hydrogen) atoms. The van der Waals surface area contributed by atoms with E-state index >= 15 is 0 Å². The monoisotopic (exact) mass is 691 g/mol. The van der Waals surface area contributed by atoms with E-state index in [1.807, 2.05) is 75.4 Å². The number of carbonyl (C=O) groups excluding carboxylic acids is 3. The Hall–Kier alpha value is -5.53. The number of benzene rings is 3. The average molecular weight is 692 g/mol. The third-order valence-electron chi connectivity index (χ3n) is 8.32. The molecule has 3 N–H and O–H groups in total. The van der Waals surface area contributed by atoms with E-state index in [9.17, 15) is 14.4 Å². The number of alkyl carbamates (subject to hydrolysis) is 1. The zero-order valence-electron chi connectivity index (χ0n) is 27.9. The van der Waals surface area contributed by atoms with Crippen molar-refractivity contribution in [2.24, 2.45) is 0 Å². The third kappa shape index (κ3) is 7.38. The van der Waals surface area contributed by atoms with Crippen molar-refractivity contribution in [1.29, 1.82) is 0 Å². The Morgan fingerprint density at radius 2 is 1.64 bits per heavy atom. The second-order valence-electron chi connectivity index (χ2n) is 13.2. The summed E-state index contributed by atoms with van der Waals surface area (Å²) in [5.74, 6) is 1.39. The van der Waals surface area contributed by atoms with Gasteiger partial charge in [0.05, 0.1) is 16.8 Å². The quantitative estimate of drug-likeness (QED) is 0.149. The second-order valence-corrected chi connectivity index (χ2v) is 14.2. The molecule has 0 spiro atoms.